The van der Waals surface area contributed by atoms with Gasteiger partial charge in [0, 0.05) is 32.1 Å². The zero-order chi connectivity index (χ0) is 14.0. The number of carbonyl (C=O) groups is 1. The van der Waals surface area contributed by atoms with Crippen LogP contribution < -0.4 is 5.32 Å². The Morgan fingerprint density at radius 1 is 1.47 bits per heavy atom. The summed E-state index contributed by atoms with van der Waals surface area (Å²) < 4.78 is 13.2. The molecule has 1 saturated heterocycles. The number of hydrogen-bond donors (Lipinski definition) is 1. The first-order valence-electron chi connectivity index (χ1n) is 6.74. The lowest BCUT2D eigenvalue weighted by atomic mass is 10.0. The van der Waals surface area contributed by atoms with Crippen molar-refractivity contribution in [3.05, 3.63) is 35.6 Å². The molecule has 1 N–H and O–H groups in total. The molecule has 0 saturated carbocycles. The number of nitrogens with zero attached hydrogens (tertiary/aromatic N) is 1. The summed E-state index contributed by atoms with van der Waals surface area (Å²) in [6.45, 7) is 3.63. The Bertz CT molecular complexity index is 463. The molecule has 0 aliphatic carbocycles. The first-order chi connectivity index (χ1) is 8.99. The Morgan fingerprint density at radius 2 is 2.21 bits per heavy atom. The van der Waals surface area contributed by atoms with Crippen LogP contribution in [0, 0.1) is 5.82 Å². The average molecular weight is 264 g/mol. The molecule has 0 bridgehead atoms. The number of benzene rings is 1. The van der Waals surface area contributed by atoms with Gasteiger partial charge >= 0.3 is 0 Å². The molecule has 19 heavy (non-hydrogen) atoms. The van der Waals surface area contributed by atoms with E-state index in [9.17, 15) is 9.18 Å². The standard InChI is InChI=1S/C15H21FN2O/c1-10(18(3)11(2)19)14-7-8-15(17-14)12-5-4-6-13(16)9-12/h4-6,9-10,14-15,17H,7-8H2,1-3H3/t10-,14?,15?/m0/s1. The number of carbonyl (C=O) groups excluding carboxylic acids is 1. The molecule has 1 aliphatic heterocycles. The molecule has 3 nitrogen and oxygen atoms in total. The van der Waals surface area contributed by atoms with E-state index in [4.69, 9.17) is 0 Å². The van der Waals surface area contributed by atoms with E-state index in [1.54, 1.807) is 24.0 Å². The predicted molar refractivity (Wildman–Crippen MR) is 73.2 cm³/mol. The summed E-state index contributed by atoms with van der Waals surface area (Å²) >= 11 is 0. The van der Waals surface area contributed by atoms with Crippen molar-refractivity contribution >= 4 is 5.91 Å². The van der Waals surface area contributed by atoms with Crippen LogP contribution in [0.5, 0.6) is 0 Å². The van der Waals surface area contributed by atoms with Gasteiger partial charge in [0.15, 0.2) is 0 Å². The maximum atomic E-state index is 13.2. The van der Waals surface area contributed by atoms with Crippen molar-refractivity contribution in [2.24, 2.45) is 0 Å². The van der Waals surface area contributed by atoms with E-state index in [0.29, 0.717) is 0 Å². The quantitative estimate of drug-likeness (QED) is 0.909. The SMILES string of the molecule is CC(=O)N(C)[C@@H](C)C1CCC(c2cccc(F)c2)N1. The number of rotatable bonds is 3. The van der Waals surface area contributed by atoms with Gasteiger partial charge in [0.1, 0.15) is 5.82 Å². The molecule has 1 aliphatic rings. The highest BCUT2D eigenvalue weighted by molar-refractivity contribution is 5.73. The van der Waals surface area contributed by atoms with Crippen molar-refractivity contribution in [3.8, 4) is 0 Å². The van der Waals surface area contributed by atoms with Crippen LogP contribution >= 0.6 is 0 Å². The van der Waals surface area contributed by atoms with Crippen molar-refractivity contribution in [2.75, 3.05) is 7.05 Å². The molecule has 1 fully saturated rings. The van der Waals surface area contributed by atoms with Crippen LogP contribution in [-0.2, 0) is 4.79 Å². The Morgan fingerprint density at radius 3 is 2.84 bits per heavy atom. The third-order valence-electron chi connectivity index (χ3n) is 4.12. The Hall–Kier alpha value is -1.42. The van der Waals surface area contributed by atoms with Gasteiger partial charge in [-0.05, 0) is 37.5 Å². The lowest BCUT2D eigenvalue weighted by molar-refractivity contribution is -0.129. The number of likely N-dealkylation sites (N-methyl/N-ethyl adjacent to an activating group) is 1. The maximum Gasteiger partial charge on any atom is 0.219 e. The molecule has 2 rings (SSSR count). The van der Waals surface area contributed by atoms with Crippen molar-refractivity contribution in [3.63, 3.8) is 0 Å². The first kappa shape index (κ1) is 14.0. The van der Waals surface area contributed by atoms with Crippen molar-refractivity contribution in [1.29, 1.82) is 0 Å². The fourth-order valence-corrected chi connectivity index (χ4v) is 2.69. The fraction of sp³-hybridized carbons (Fsp3) is 0.533. The molecule has 104 valence electrons. The molecule has 2 unspecified atom stereocenters. The molecule has 3 atom stereocenters. The summed E-state index contributed by atoms with van der Waals surface area (Å²) in [5.74, 6) is -0.125. The van der Waals surface area contributed by atoms with Crippen LogP contribution in [0.4, 0.5) is 4.39 Å². The van der Waals surface area contributed by atoms with Gasteiger partial charge in [0.05, 0.1) is 0 Å². The molecule has 4 heteroatoms. The molecule has 1 aromatic rings. The smallest absolute Gasteiger partial charge is 0.219 e. The molecule has 1 amide bonds. The summed E-state index contributed by atoms with van der Waals surface area (Å²) in [5, 5.41) is 3.51. The molecule has 0 radical (unpaired) electrons. The summed E-state index contributed by atoms with van der Waals surface area (Å²) in [6.07, 6.45) is 1.98. The summed E-state index contributed by atoms with van der Waals surface area (Å²) in [4.78, 5) is 13.1. The van der Waals surface area contributed by atoms with Crippen LogP contribution in [0.15, 0.2) is 24.3 Å². The Labute approximate surface area is 113 Å². The van der Waals surface area contributed by atoms with Crippen molar-refractivity contribution in [1.82, 2.24) is 10.2 Å². The minimum Gasteiger partial charge on any atom is -0.342 e. The molecular formula is C15H21FN2O. The zero-order valence-corrected chi connectivity index (χ0v) is 11.7. The number of amides is 1. The number of halogens is 1. The van der Waals surface area contributed by atoms with E-state index in [2.05, 4.69) is 5.32 Å². The maximum absolute atomic E-state index is 13.2. The largest absolute Gasteiger partial charge is 0.342 e. The van der Waals surface area contributed by atoms with Gasteiger partial charge in [0.25, 0.3) is 0 Å². The van der Waals surface area contributed by atoms with Gasteiger partial charge in [-0.2, -0.15) is 0 Å². The van der Waals surface area contributed by atoms with Gasteiger partial charge in [-0.25, -0.2) is 4.39 Å². The van der Waals surface area contributed by atoms with Crippen LogP contribution in [-0.4, -0.2) is 29.9 Å². The lowest BCUT2D eigenvalue weighted by Crippen LogP contribution is -2.46. The summed E-state index contributed by atoms with van der Waals surface area (Å²) in [5.41, 5.74) is 0.986. The minimum atomic E-state index is -0.198. The van der Waals surface area contributed by atoms with Crippen molar-refractivity contribution < 1.29 is 9.18 Å². The average Bonchev–Trinajstić information content (AvgIpc) is 2.86. The highest BCUT2D eigenvalue weighted by Crippen LogP contribution is 2.29. The molecule has 1 aromatic carbocycles. The van der Waals surface area contributed by atoms with Gasteiger partial charge in [-0.3, -0.25) is 4.79 Å². The van der Waals surface area contributed by atoms with Crippen LogP contribution in [0.25, 0.3) is 0 Å². The van der Waals surface area contributed by atoms with Gasteiger partial charge in [-0.15, -0.1) is 0 Å². The first-order valence-corrected chi connectivity index (χ1v) is 6.74. The van der Waals surface area contributed by atoms with Crippen LogP contribution in [0.3, 0.4) is 0 Å². The van der Waals surface area contributed by atoms with Gasteiger partial charge in [-0.1, -0.05) is 12.1 Å². The second-order valence-corrected chi connectivity index (χ2v) is 5.33. The molecule has 0 spiro atoms. The second-order valence-electron chi connectivity index (χ2n) is 5.33. The van der Waals surface area contributed by atoms with Crippen molar-refractivity contribution in [2.45, 2.75) is 44.8 Å². The highest BCUT2D eigenvalue weighted by Gasteiger charge is 2.31. The van der Waals surface area contributed by atoms with Gasteiger partial charge in [0.2, 0.25) is 5.91 Å². The minimum absolute atomic E-state index is 0.0727. The summed E-state index contributed by atoms with van der Waals surface area (Å²) in [6, 6.07) is 7.33. The number of nitrogens with one attached hydrogen (secondary N) is 1. The van der Waals surface area contributed by atoms with E-state index < -0.39 is 0 Å². The monoisotopic (exact) mass is 264 g/mol. The zero-order valence-electron chi connectivity index (χ0n) is 11.7. The second kappa shape index (κ2) is 5.70. The van der Waals surface area contributed by atoms with E-state index >= 15 is 0 Å². The predicted octanol–water partition coefficient (Wildman–Crippen LogP) is 2.49. The third-order valence-corrected chi connectivity index (χ3v) is 4.12. The fourth-order valence-electron chi connectivity index (χ4n) is 2.69. The van der Waals surface area contributed by atoms with Crippen LogP contribution in [0.2, 0.25) is 0 Å². The lowest BCUT2D eigenvalue weighted by Gasteiger charge is -2.29. The van der Waals surface area contributed by atoms with Crippen LogP contribution in [0.1, 0.15) is 38.3 Å². The van der Waals surface area contributed by atoms with E-state index in [-0.39, 0.29) is 29.8 Å². The molecule has 0 aromatic heterocycles. The van der Waals surface area contributed by atoms with E-state index in [0.717, 1.165) is 18.4 Å². The normalized spacial score (nSPS) is 24.2. The summed E-state index contributed by atoms with van der Waals surface area (Å²) in [7, 11) is 1.82. The number of hydrogen-bond acceptors (Lipinski definition) is 2. The van der Waals surface area contributed by atoms with E-state index in [1.165, 1.54) is 6.07 Å². The highest BCUT2D eigenvalue weighted by atomic mass is 19.1. The van der Waals surface area contributed by atoms with Gasteiger partial charge < -0.3 is 10.2 Å². The molecule has 1 heterocycles. The molecular weight excluding hydrogens is 243 g/mol. The topological polar surface area (TPSA) is 32.3 Å². The van der Waals surface area contributed by atoms with E-state index in [1.807, 2.05) is 20.0 Å². The third kappa shape index (κ3) is 3.13. The Kier molecular flexibility index (Phi) is 4.20. The Balaban J connectivity index is 2.02.